The van der Waals surface area contributed by atoms with E-state index in [1.807, 2.05) is 0 Å². The molecule has 0 aliphatic heterocycles. The molecule has 1 N–H and O–H groups in total. The SMILES string of the molecule is CC(=O)O[C@@H]1CC[C@]2(C)[C@H](CC[C@H]3[C@H]4CC[C@H](OC(C)=O)[C@]4(C)CC(=NO)[C@@H]32)C1. The lowest BCUT2D eigenvalue weighted by Gasteiger charge is -2.60. The van der Waals surface area contributed by atoms with Crippen molar-refractivity contribution in [1.29, 1.82) is 0 Å². The van der Waals surface area contributed by atoms with Crippen molar-refractivity contribution in [2.45, 2.75) is 91.3 Å². The maximum atomic E-state index is 11.7. The molecule has 4 aliphatic carbocycles. The van der Waals surface area contributed by atoms with Crippen LogP contribution in [0, 0.1) is 34.5 Å². The quantitative estimate of drug-likeness (QED) is 0.420. The molecule has 6 nitrogen and oxygen atoms in total. The first-order chi connectivity index (χ1) is 13.7. The number of fused-ring (bicyclic) bond motifs is 5. The zero-order valence-electron chi connectivity index (χ0n) is 18.1. The Labute approximate surface area is 173 Å². The summed E-state index contributed by atoms with van der Waals surface area (Å²) in [6.45, 7) is 7.57. The lowest BCUT2D eigenvalue weighted by molar-refractivity contribution is -0.157. The zero-order valence-corrected chi connectivity index (χ0v) is 18.1. The van der Waals surface area contributed by atoms with Crippen molar-refractivity contribution in [1.82, 2.24) is 0 Å². The molecule has 4 saturated carbocycles. The van der Waals surface area contributed by atoms with E-state index < -0.39 is 0 Å². The van der Waals surface area contributed by atoms with Crippen LogP contribution in [0.4, 0.5) is 0 Å². The van der Waals surface area contributed by atoms with Gasteiger partial charge >= 0.3 is 11.9 Å². The van der Waals surface area contributed by atoms with Gasteiger partial charge in [-0.2, -0.15) is 0 Å². The summed E-state index contributed by atoms with van der Waals surface area (Å²) in [5.74, 6) is 1.28. The standard InChI is InChI=1S/C23H35NO5/c1-13(25)28-16-9-10-22(3)15(11-16)5-6-17-18-7-8-20(29-14(2)26)23(18,4)12-19(24-27)21(17)22/h15-18,20-21,27H,5-12H2,1-4H3/t15-,16-,17+,18-,20+,21-,22-,23-/m1/s1. The second kappa shape index (κ2) is 7.28. The van der Waals surface area contributed by atoms with E-state index in [0.29, 0.717) is 24.2 Å². The smallest absolute Gasteiger partial charge is 0.302 e. The van der Waals surface area contributed by atoms with Crippen molar-refractivity contribution >= 4 is 17.7 Å². The summed E-state index contributed by atoms with van der Waals surface area (Å²) < 4.78 is 11.3. The van der Waals surface area contributed by atoms with Crippen LogP contribution in [-0.4, -0.2) is 35.1 Å². The largest absolute Gasteiger partial charge is 0.463 e. The number of oxime groups is 1. The van der Waals surface area contributed by atoms with Crippen LogP contribution in [0.5, 0.6) is 0 Å². The monoisotopic (exact) mass is 405 g/mol. The fourth-order valence-corrected chi connectivity index (χ4v) is 7.86. The van der Waals surface area contributed by atoms with Crippen LogP contribution in [0.25, 0.3) is 0 Å². The number of rotatable bonds is 2. The molecule has 0 unspecified atom stereocenters. The van der Waals surface area contributed by atoms with Crippen LogP contribution >= 0.6 is 0 Å². The normalized spacial score (nSPS) is 47.7. The molecule has 0 aromatic carbocycles. The molecular formula is C23H35NO5. The predicted octanol–water partition coefficient (Wildman–Crippen LogP) is 4.33. The van der Waals surface area contributed by atoms with Gasteiger partial charge in [-0.3, -0.25) is 9.59 Å². The molecule has 0 bridgehead atoms. The number of ether oxygens (including phenoxy) is 2. The van der Waals surface area contributed by atoms with Gasteiger partial charge in [0.25, 0.3) is 0 Å². The van der Waals surface area contributed by atoms with Gasteiger partial charge in [-0.1, -0.05) is 19.0 Å². The summed E-state index contributed by atoms with van der Waals surface area (Å²) in [5.41, 5.74) is 0.820. The molecule has 4 fully saturated rings. The van der Waals surface area contributed by atoms with Crippen molar-refractivity contribution in [3.05, 3.63) is 0 Å². The average Bonchev–Trinajstić information content (AvgIpc) is 2.96. The Bertz CT molecular complexity index is 720. The highest BCUT2D eigenvalue weighted by Crippen LogP contribution is 2.65. The van der Waals surface area contributed by atoms with E-state index in [-0.39, 0.29) is 40.9 Å². The first kappa shape index (κ1) is 20.7. The third kappa shape index (κ3) is 3.27. The minimum Gasteiger partial charge on any atom is -0.463 e. The molecule has 162 valence electrons. The van der Waals surface area contributed by atoms with Gasteiger partial charge in [0.05, 0.1) is 5.71 Å². The van der Waals surface area contributed by atoms with Crippen molar-refractivity contribution in [3.63, 3.8) is 0 Å². The lowest BCUT2D eigenvalue weighted by Crippen LogP contribution is -2.58. The van der Waals surface area contributed by atoms with Gasteiger partial charge in [0.2, 0.25) is 0 Å². The predicted molar refractivity (Wildman–Crippen MR) is 107 cm³/mol. The van der Waals surface area contributed by atoms with E-state index in [1.165, 1.54) is 13.8 Å². The molecule has 4 aliphatic rings. The van der Waals surface area contributed by atoms with Crippen molar-refractivity contribution in [3.8, 4) is 0 Å². The van der Waals surface area contributed by atoms with Gasteiger partial charge < -0.3 is 14.7 Å². The number of esters is 2. The first-order valence-corrected chi connectivity index (χ1v) is 11.2. The molecule has 0 aromatic heterocycles. The second-order valence-electron chi connectivity index (χ2n) is 10.5. The van der Waals surface area contributed by atoms with Gasteiger partial charge in [-0.05, 0) is 74.5 Å². The van der Waals surface area contributed by atoms with Crippen LogP contribution < -0.4 is 0 Å². The summed E-state index contributed by atoms with van der Waals surface area (Å²) in [6, 6.07) is 0. The number of carbonyl (C=O) groups is 2. The molecule has 0 aromatic rings. The van der Waals surface area contributed by atoms with Crippen LogP contribution in [0.2, 0.25) is 0 Å². The number of hydrogen-bond acceptors (Lipinski definition) is 6. The summed E-state index contributed by atoms with van der Waals surface area (Å²) in [7, 11) is 0. The van der Waals surface area contributed by atoms with Crippen molar-refractivity contribution in [2.75, 3.05) is 0 Å². The minimum atomic E-state index is -0.221. The van der Waals surface area contributed by atoms with Crippen LogP contribution in [0.1, 0.15) is 79.1 Å². The fraction of sp³-hybridized carbons (Fsp3) is 0.870. The summed E-state index contributed by atoms with van der Waals surface area (Å²) in [5, 5.41) is 13.9. The van der Waals surface area contributed by atoms with E-state index in [1.54, 1.807) is 0 Å². The summed E-state index contributed by atoms with van der Waals surface area (Å²) >= 11 is 0. The fourth-order valence-electron chi connectivity index (χ4n) is 7.86. The molecule has 0 heterocycles. The Kier molecular flexibility index (Phi) is 5.19. The highest BCUT2D eigenvalue weighted by molar-refractivity contribution is 5.89. The van der Waals surface area contributed by atoms with E-state index in [9.17, 15) is 14.8 Å². The zero-order chi connectivity index (χ0) is 21.0. The molecule has 8 atom stereocenters. The maximum Gasteiger partial charge on any atom is 0.302 e. The van der Waals surface area contributed by atoms with Crippen molar-refractivity contribution < 1.29 is 24.3 Å². The number of nitrogens with zero attached hydrogens (tertiary/aromatic N) is 1. The topological polar surface area (TPSA) is 85.2 Å². The molecule has 0 saturated heterocycles. The second-order valence-corrected chi connectivity index (χ2v) is 10.5. The third-order valence-electron chi connectivity index (χ3n) is 9.00. The van der Waals surface area contributed by atoms with E-state index in [0.717, 1.165) is 50.7 Å². The Morgan fingerprint density at radius 2 is 1.72 bits per heavy atom. The average molecular weight is 406 g/mol. The van der Waals surface area contributed by atoms with Gasteiger partial charge in [-0.25, -0.2) is 0 Å². The molecule has 0 radical (unpaired) electrons. The molecular weight excluding hydrogens is 370 g/mol. The Balaban J connectivity index is 1.61. The van der Waals surface area contributed by atoms with E-state index >= 15 is 0 Å². The minimum absolute atomic E-state index is 0.0188. The lowest BCUT2D eigenvalue weighted by atomic mass is 9.44. The highest BCUT2D eigenvalue weighted by atomic mass is 16.5. The van der Waals surface area contributed by atoms with Crippen LogP contribution in [-0.2, 0) is 19.1 Å². The molecule has 4 rings (SSSR count). The Hall–Kier alpha value is -1.59. The molecule has 29 heavy (non-hydrogen) atoms. The Morgan fingerprint density at radius 1 is 1.00 bits per heavy atom. The number of carbonyl (C=O) groups excluding carboxylic acids is 2. The van der Waals surface area contributed by atoms with Gasteiger partial charge in [0.15, 0.2) is 0 Å². The van der Waals surface area contributed by atoms with E-state index in [4.69, 9.17) is 9.47 Å². The molecule has 0 amide bonds. The number of hydrogen-bond donors (Lipinski definition) is 1. The van der Waals surface area contributed by atoms with Crippen molar-refractivity contribution in [2.24, 2.45) is 39.7 Å². The van der Waals surface area contributed by atoms with Crippen LogP contribution in [0.3, 0.4) is 0 Å². The summed E-state index contributed by atoms with van der Waals surface area (Å²) in [6.07, 6.45) is 7.61. The van der Waals surface area contributed by atoms with Gasteiger partial charge in [-0.15, -0.1) is 0 Å². The molecule has 0 spiro atoms. The van der Waals surface area contributed by atoms with E-state index in [2.05, 4.69) is 19.0 Å². The molecule has 6 heteroatoms. The van der Waals surface area contributed by atoms with Gasteiger partial charge in [0.1, 0.15) is 12.2 Å². The summed E-state index contributed by atoms with van der Waals surface area (Å²) in [4.78, 5) is 23.1. The maximum absolute atomic E-state index is 11.7. The van der Waals surface area contributed by atoms with Gasteiger partial charge in [0, 0.05) is 25.2 Å². The van der Waals surface area contributed by atoms with Crippen LogP contribution in [0.15, 0.2) is 5.16 Å². The third-order valence-corrected chi connectivity index (χ3v) is 9.00. The first-order valence-electron chi connectivity index (χ1n) is 11.2. The Morgan fingerprint density at radius 3 is 2.38 bits per heavy atom. The highest BCUT2D eigenvalue weighted by Gasteiger charge is 2.63.